The van der Waals surface area contributed by atoms with E-state index in [0.717, 1.165) is 41.9 Å². The molecule has 7 heteroatoms. The lowest BCUT2D eigenvalue weighted by Gasteiger charge is -2.27. The molecular formula is C27H33F2N3O2. The molecule has 0 aliphatic rings. The molecule has 1 aromatic heterocycles. The lowest BCUT2D eigenvalue weighted by atomic mass is 10.1. The van der Waals surface area contributed by atoms with Crippen LogP contribution >= 0.6 is 0 Å². The Morgan fingerprint density at radius 2 is 1.88 bits per heavy atom. The summed E-state index contributed by atoms with van der Waals surface area (Å²) in [6.45, 7) is 9.64. The molecule has 2 aromatic carbocycles. The summed E-state index contributed by atoms with van der Waals surface area (Å²) in [6, 6.07) is 12.9. The summed E-state index contributed by atoms with van der Waals surface area (Å²) in [5.41, 5.74) is 2.39. The molecule has 0 aliphatic carbocycles. The van der Waals surface area contributed by atoms with Gasteiger partial charge in [-0.2, -0.15) is 5.10 Å². The molecule has 182 valence electrons. The van der Waals surface area contributed by atoms with Gasteiger partial charge in [-0.1, -0.05) is 50.3 Å². The van der Waals surface area contributed by atoms with Crippen LogP contribution < -0.4 is 4.74 Å². The highest BCUT2D eigenvalue weighted by atomic mass is 19.1. The van der Waals surface area contributed by atoms with Crippen LogP contribution in [0, 0.1) is 17.6 Å². The van der Waals surface area contributed by atoms with Crippen LogP contribution in [-0.2, 0) is 13.6 Å². The molecule has 34 heavy (non-hydrogen) atoms. The molecule has 0 amide bonds. The van der Waals surface area contributed by atoms with Crippen LogP contribution in [0.25, 0.3) is 11.3 Å². The summed E-state index contributed by atoms with van der Waals surface area (Å²) in [4.78, 5) is 2.16. The number of aliphatic hydroxyl groups is 1. The van der Waals surface area contributed by atoms with E-state index >= 15 is 0 Å². The van der Waals surface area contributed by atoms with Gasteiger partial charge in [0.25, 0.3) is 0 Å². The van der Waals surface area contributed by atoms with Crippen molar-refractivity contribution < 1.29 is 18.6 Å². The minimum atomic E-state index is -0.785. The SMILES string of the molecule is C=CCC[C@@H](O)CN(Cc1c(-c2ccccc2)nn(C)c1Oc1ccc(F)cc1F)CC(C)C. The van der Waals surface area contributed by atoms with E-state index < -0.39 is 17.7 Å². The van der Waals surface area contributed by atoms with Gasteiger partial charge in [0.2, 0.25) is 5.88 Å². The van der Waals surface area contributed by atoms with Crippen LogP contribution in [0.15, 0.2) is 61.2 Å². The van der Waals surface area contributed by atoms with E-state index in [4.69, 9.17) is 4.74 Å². The number of benzene rings is 2. The third-order valence-corrected chi connectivity index (χ3v) is 5.41. The molecule has 1 atom stereocenters. The van der Waals surface area contributed by atoms with Crippen LogP contribution in [0.4, 0.5) is 8.78 Å². The molecule has 3 aromatic rings. The number of halogens is 2. The van der Waals surface area contributed by atoms with E-state index in [1.807, 2.05) is 30.3 Å². The van der Waals surface area contributed by atoms with E-state index in [1.165, 1.54) is 6.07 Å². The third-order valence-electron chi connectivity index (χ3n) is 5.41. The van der Waals surface area contributed by atoms with Crippen molar-refractivity contribution in [3.8, 4) is 22.9 Å². The van der Waals surface area contributed by atoms with E-state index in [9.17, 15) is 13.9 Å². The number of ether oxygens (including phenoxy) is 1. The monoisotopic (exact) mass is 469 g/mol. The first-order valence-electron chi connectivity index (χ1n) is 11.5. The maximum absolute atomic E-state index is 14.4. The molecule has 0 saturated heterocycles. The molecule has 0 aliphatic heterocycles. The lowest BCUT2D eigenvalue weighted by Crippen LogP contribution is -2.35. The number of hydrogen-bond donors (Lipinski definition) is 1. The number of aliphatic hydroxyl groups excluding tert-OH is 1. The lowest BCUT2D eigenvalue weighted by molar-refractivity contribution is 0.0953. The first-order chi connectivity index (χ1) is 16.3. The zero-order chi connectivity index (χ0) is 24.7. The standard InChI is InChI=1S/C27H33F2N3O2/c1-5-6-12-22(33)17-32(16-19(2)3)18-23-26(20-10-8-7-9-11-20)30-31(4)27(23)34-25-14-13-21(28)15-24(25)29/h5,7-11,13-15,19,22,33H,1,6,12,16-18H2,2-4H3/t22-/m1/s1. The maximum Gasteiger partial charge on any atom is 0.222 e. The minimum absolute atomic E-state index is 0.0771. The Kier molecular flexibility index (Phi) is 8.96. The first-order valence-corrected chi connectivity index (χ1v) is 11.5. The summed E-state index contributed by atoms with van der Waals surface area (Å²) in [5.74, 6) is -0.795. The van der Waals surface area contributed by atoms with E-state index in [1.54, 1.807) is 17.8 Å². The summed E-state index contributed by atoms with van der Waals surface area (Å²) < 4.78 is 35.4. The minimum Gasteiger partial charge on any atom is -0.436 e. The molecule has 1 heterocycles. The third kappa shape index (κ3) is 6.74. The van der Waals surface area contributed by atoms with Gasteiger partial charge in [0, 0.05) is 38.3 Å². The molecule has 3 rings (SSSR count). The van der Waals surface area contributed by atoms with Crippen molar-refractivity contribution in [2.24, 2.45) is 13.0 Å². The highest BCUT2D eigenvalue weighted by Crippen LogP contribution is 2.35. The van der Waals surface area contributed by atoms with Crippen molar-refractivity contribution in [2.75, 3.05) is 13.1 Å². The van der Waals surface area contributed by atoms with Gasteiger partial charge in [0.15, 0.2) is 11.6 Å². The van der Waals surface area contributed by atoms with Gasteiger partial charge >= 0.3 is 0 Å². The number of rotatable bonds is 12. The van der Waals surface area contributed by atoms with Crippen molar-refractivity contribution in [1.29, 1.82) is 0 Å². The van der Waals surface area contributed by atoms with Crippen LogP contribution in [0.1, 0.15) is 32.3 Å². The normalized spacial score (nSPS) is 12.4. The van der Waals surface area contributed by atoms with Gasteiger partial charge < -0.3 is 9.84 Å². The van der Waals surface area contributed by atoms with Crippen molar-refractivity contribution in [3.63, 3.8) is 0 Å². The van der Waals surface area contributed by atoms with E-state index in [2.05, 4.69) is 30.4 Å². The Labute approximate surface area is 200 Å². The smallest absolute Gasteiger partial charge is 0.222 e. The average Bonchev–Trinajstić information content (AvgIpc) is 3.09. The van der Waals surface area contributed by atoms with Crippen molar-refractivity contribution >= 4 is 0 Å². The molecule has 0 unspecified atom stereocenters. The summed E-state index contributed by atoms with van der Waals surface area (Å²) in [6.07, 6.45) is 2.65. The van der Waals surface area contributed by atoms with Gasteiger partial charge in [-0.3, -0.25) is 4.90 Å². The topological polar surface area (TPSA) is 50.5 Å². The predicted octanol–water partition coefficient (Wildman–Crippen LogP) is 5.94. The Morgan fingerprint density at radius 1 is 1.15 bits per heavy atom. The maximum atomic E-state index is 14.4. The Bertz CT molecular complexity index is 1080. The summed E-state index contributed by atoms with van der Waals surface area (Å²) >= 11 is 0. The Hall–Kier alpha value is -3.03. The highest BCUT2D eigenvalue weighted by molar-refractivity contribution is 5.65. The number of aromatic nitrogens is 2. The first kappa shape index (κ1) is 25.6. The second kappa shape index (κ2) is 11.9. The van der Waals surface area contributed by atoms with E-state index in [0.29, 0.717) is 31.3 Å². The van der Waals surface area contributed by atoms with Crippen molar-refractivity contribution in [3.05, 3.63) is 78.4 Å². The van der Waals surface area contributed by atoms with Crippen LogP contribution in [0.3, 0.4) is 0 Å². The number of hydrogen-bond acceptors (Lipinski definition) is 4. The number of aryl methyl sites for hydroxylation is 1. The second-order valence-corrected chi connectivity index (χ2v) is 8.91. The van der Waals surface area contributed by atoms with Gasteiger partial charge in [0.05, 0.1) is 11.7 Å². The van der Waals surface area contributed by atoms with Crippen LogP contribution in [0.5, 0.6) is 11.6 Å². The van der Waals surface area contributed by atoms with Gasteiger partial charge in [0.1, 0.15) is 11.5 Å². The largest absolute Gasteiger partial charge is 0.436 e. The van der Waals surface area contributed by atoms with Crippen LogP contribution in [0.2, 0.25) is 0 Å². The van der Waals surface area contributed by atoms with Crippen molar-refractivity contribution in [2.45, 2.75) is 39.3 Å². The molecule has 1 N–H and O–H groups in total. The van der Waals surface area contributed by atoms with Gasteiger partial charge in [-0.15, -0.1) is 6.58 Å². The zero-order valence-corrected chi connectivity index (χ0v) is 20.0. The van der Waals surface area contributed by atoms with Gasteiger partial charge in [-0.25, -0.2) is 13.5 Å². The number of allylic oxidation sites excluding steroid dienone is 1. The molecule has 0 fully saturated rings. The summed E-state index contributed by atoms with van der Waals surface area (Å²) in [5, 5.41) is 15.3. The fraction of sp³-hybridized carbons (Fsp3) is 0.370. The Balaban J connectivity index is 2.01. The van der Waals surface area contributed by atoms with E-state index in [-0.39, 0.29) is 5.75 Å². The molecule has 0 radical (unpaired) electrons. The molecule has 0 bridgehead atoms. The number of nitrogens with zero attached hydrogens (tertiary/aromatic N) is 3. The quantitative estimate of drug-likeness (QED) is 0.334. The fourth-order valence-corrected chi connectivity index (χ4v) is 3.96. The Morgan fingerprint density at radius 3 is 2.53 bits per heavy atom. The molecule has 0 spiro atoms. The predicted molar refractivity (Wildman–Crippen MR) is 131 cm³/mol. The molecular weight excluding hydrogens is 436 g/mol. The zero-order valence-electron chi connectivity index (χ0n) is 20.0. The summed E-state index contributed by atoms with van der Waals surface area (Å²) in [7, 11) is 1.73. The average molecular weight is 470 g/mol. The van der Waals surface area contributed by atoms with Crippen molar-refractivity contribution in [1.82, 2.24) is 14.7 Å². The molecule has 0 saturated carbocycles. The van der Waals surface area contributed by atoms with Crippen LogP contribution in [-0.4, -0.2) is 39.0 Å². The fourth-order valence-electron chi connectivity index (χ4n) is 3.96. The van der Waals surface area contributed by atoms with Gasteiger partial charge in [-0.05, 0) is 30.9 Å². The molecule has 5 nitrogen and oxygen atoms in total. The highest BCUT2D eigenvalue weighted by Gasteiger charge is 2.24. The second-order valence-electron chi connectivity index (χ2n) is 8.91.